The Labute approximate surface area is 123 Å². The van der Waals surface area contributed by atoms with Crippen molar-refractivity contribution in [3.05, 3.63) is 0 Å². The van der Waals surface area contributed by atoms with E-state index in [4.69, 9.17) is 4.74 Å². The first-order chi connectivity index (χ1) is 9.73. The van der Waals surface area contributed by atoms with Crippen molar-refractivity contribution < 1.29 is 9.84 Å². The van der Waals surface area contributed by atoms with Crippen molar-refractivity contribution in [2.24, 2.45) is 5.41 Å². The Hall–Kier alpha value is -0.590. The average Bonchev–Trinajstić information content (AvgIpc) is 3.07. The third-order valence-electron chi connectivity index (χ3n) is 5.13. The summed E-state index contributed by atoms with van der Waals surface area (Å²) in [4.78, 5) is 0. The van der Waals surface area contributed by atoms with Crippen LogP contribution in [0.1, 0.15) is 77.6 Å². The molecule has 2 heterocycles. The minimum atomic E-state index is -0.606. The highest BCUT2D eigenvalue weighted by Gasteiger charge is 2.56. The maximum Gasteiger partial charge on any atom is 0.112 e. The van der Waals surface area contributed by atoms with Gasteiger partial charge in [0.15, 0.2) is 0 Å². The zero-order chi connectivity index (χ0) is 14.4. The summed E-state index contributed by atoms with van der Waals surface area (Å²) in [5, 5.41) is 20.0. The highest BCUT2D eigenvalue weighted by atomic mass is 16.5. The molecule has 0 aliphatic carbocycles. The summed E-state index contributed by atoms with van der Waals surface area (Å²) < 4.78 is 5.79. The molecule has 0 aromatic carbocycles. The number of fused-ring (bicyclic) bond motifs is 2. The molecule has 4 atom stereocenters. The highest BCUT2D eigenvalue weighted by Crippen LogP contribution is 2.50. The molecular formula is C17H29NO2. The zero-order valence-corrected chi connectivity index (χ0v) is 12.8. The molecule has 0 saturated carbocycles. The van der Waals surface area contributed by atoms with Gasteiger partial charge in [0.2, 0.25) is 0 Å². The zero-order valence-electron chi connectivity index (χ0n) is 12.8. The number of aliphatic hydroxyl groups excluding tert-OH is 1. The normalized spacial score (nSPS) is 33.2. The van der Waals surface area contributed by atoms with Gasteiger partial charge in [-0.25, -0.2) is 0 Å². The fourth-order valence-corrected chi connectivity index (χ4v) is 3.84. The number of ether oxygens (including phenoxy) is 1. The van der Waals surface area contributed by atoms with E-state index in [1.807, 2.05) is 0 Å². The van der Waals surface area contributed by atoms with Crippen LogP contribution in [0.15, 0.2) is 0 Å². The Morgan fingerprint density at radius 1 is 1.20 bits per heavy atom. The molecule has 2 bridgehead atoms. The summed E-state index contributed by atoms with van der Waals surface area (Å²) in [6.45, 7) is 2.23. The van der Waals surface area contributed by atoms with Crippen LogP contribution >= 0.6 is 0 Å². The van der Waals surface area contributed by atoms with Crippen LogP contribution in [0.5, 0.6) is 0 Å². The van der Waals surface area contributed by atoms with E-state index in [9.17, 15) is 10.4 Å². The standard InChI is InChI=1S/C17H29NO2/c1-2-3-4-5-6-7-8-9-15(19)17(13-18)12-14-10-11-16(17)20-14/h14-16,19H,2-12H2,1H3. The molecular weight excluding hydrogens is 250 g/mol. The third-order valence-corrected chi connectivity index (χ3v) is 5.13. The Balaban J connectivity index is 1.67. The van der Waals surface area contributed by atoms with E-state index in [0.29, 0.717) is 0 Å². The molecule has 0 aromatic heterocycles. The molecule has 4 unspecified atom stereocenters. The van der Waals surface area contributed by atoms with E-state index < -0.39 is 11.5 Å². The molecule has 2 aliphatic rings. The molecule has 20 heavy (non-hydrogen) atoms. The summed E-state index contributed by atoms with van der Waals surface area (Å²) in [5.41, 5.74) is -0.606. The number of hydrogen-bond donors (Lipinski definition) is 1. The van der Waals surface area contributed by atoms with Gasteiger partial charge in [0.05, 0.1) is 24.4 Å². The topological polar surface area (TPSA) is 53.2 Å². The van der Waals surface area contributed by atoms with E-state index in [-0.39, 0.29) is 12.2 Å². The first kappa shape index (κ1) is 15.8. The van der Waals surface area contributed by atoms with Gasteiger partial charge < -0.3 is 9.84 Å². The summed E-state index contributed by atoms with van der Waals surface area (Å²) in [6.07, 6.45) is 12.0. The van der Waals surface area contributed by atoms with Crippen LogP contribution < -0.4 is 0 Å². The number of hydrogen-bond acceptors (Lipinski definition) is 3. The van der Waals surface area contributed by atoms with E-state index in [0.717, 1.165) is 32.1 Å². The van der Waals surface area contributed by atoms with E-state index in [1.54, 1.807) is 0 Å². The molecule has 2 aliphatic heterocycles. The van der Waals surface area contributed by atoms with Gasteiger partial charge in [-0.1, -0.05) is 51.9 Å². The lowest BCUT2D eigenvalue weighted by Gasteiger charge is -2.33. The number of aliphatic hydroxyl groups is 1. The molecule has 0 aromatic rings. The lowest BCUT2D eigenvalue weighted by atomic mass is 9.70. The van der Waals surface area contributed by atoms with Crippen LogP contribution in [0.4, 0.5) is 0 Å². The van der Waals surface area contributed by atoms with Crippen molar-refractivity contribution in [2.45, 2.75) is 95.9 Å². The van der Waals surface area contributed by atoms with E-state index >= 15 is 0 Å². The first-order valence-electron chi connectivity index (χ1n) is 8.47. The van der Waals surface area contributed by atoms with E-state index in [2.05, 4.69) is 13.0 Å². The van der Waals surface area contributed by atoms with Crippen LogP contribution in [-0.2, 0) is 4.74 Å². The smallest absolute Gasteiger partial charge is 0.112 e. The molecule has 0 radical (unpaired) electrons. The largest absolute Gasteiger partial charge is 0.391 e. The fraction of sp³-hybridized carbons (Fsp3) is 0.941. The fourth-order valence-electron chi connectivity index (χ4n) is 3.84. The van der Waals surface area contributed by atoms with Crippen molar-refractivity contribution >= 4 is 0 Å². The summed E-state index contributed by atoms with van der Waals surface area (Å²) in [5.74, 6) is 0. The molecule has 2 rings (SSSR count). The van der Waals surface area contributed by atoms with E-state index in [1.165, 1.54) is 38.5 Å². The Morgan fingerprint density at radius 2 is 1.90 bits per heavy atom. The van der Waals surface area contributed by atoms with Crippen molar-refractivity contribution in [3.8, 4) is 6.07 Å². The molecule has 3 heteroatoms. The summed E-state index contributed by atoms with van der Waals surface area (Å²) >= 11 is 0. The van der Waals surface area contributed by atoms with Gasteiger partial charge in [0, 0.05) is 0 Å². The lowest BCUT2D eigenvalue weighted by molar-refractivity contribution is -0.000570. The molecule has 114 valence electrons. The van der Waals surface area contributed by atoms with Gasteiger partial charge in [-0.15, -0.1) is 0 Å². The number of nitriles is 1. The molecule has 0 amide bonds. The van der Waals surface area contributed by atoms with Crippen LogP contribution in [-0.4, -0.2) is 23.4 Å². The number of rotatable bonds is 9. The van der Waals surface area contributed by atoms with Crippen LogP contribution in [0.25, 0.3) is 0 Å². The minimum absolute atomic E-state index is 0.0166. The molecule has 2 fully saturated rings. The van der Waals surface area contributed by atoms with Gasteiger partial charge in [-0.3, -0.25) is 0 Å². The van der Waals surface area contributed by atoms with Crippen molar-refractivity contribution in [2.75, 3.05) is 0 Å². The molecule has 0 spiro atoms. The van der Waals surface area contributed by atoms with Crippen LogP contribution in [0.2, 0.25) is 0 Å². The van der Waals surface area contributed by atoms with Crippen LogP contribution in [0, 0.1) is 16.7 Å². The Kier molecular flexibility index (Phi) is 5.86. The minimum Gasteiger partial charge on any atom is -0.391 e. The highest BCUT2D eigenvalue weighted by molar-refractivity contribution is 5.15. The number of nitrogens with zero attached hydrogens (tertiary/aromatic N) is 1. The van der Waals surface area contributed by atoms with Gasteiger partial charge in [-0.05, 0) is 25.7 Å². The Bertz CT molecular complexity index is 338. The summed E-state index contributed by atoms with van der Waals surface area (Å²) in [6, 6.07) is 2.40. The predicted octanol–water partition coefficient (Wildman–Crippen LogP) is 3.95. The third kappa shape index (κ3) is 3.35. The maximum absolute atomic E-state index is 10.5. The molecule has 3 nitrogen and oxygen atoms in total. The van der Waals surface area contributed by atoms with Gasteiger partial charge in [0.1, 0.15) is 5.41 Å². The quantitative estimate of drug-likeness (QED) is 0.650. The summed E-state index contributed by atoms with van der Waals surface area (Å²) in [7, 11) is 0. The SMILES string of the molecule is CCCCCCCCCC(O)C1(C#N)CC2CCC1O2. The van der Waals surface area contributed by atoms with Gasteiger partial charge in [0.25, 0.3) is 0 Å². The van der Waals surface area contributed by atoms with Gasteiger partial charge >= 0.3 is 0 Å². The van der Waals surface area contributed by atoms with Crippen LogP contribution in [0.3, 0.4) is 0 Å². The molecule has 2 saturated heterocycles. The van der Waals surface area contributed by atoms with Crippen molar-refractivity contribution in [3.63, 3.8) is 0 Å². The predicted molar refractivity (Wildman–Crippen MR) is 79.2 cm³/mol. The second-order valence-electron chi connectivity index (χ2n) is 6.61. The monoisotopic (exact) mass is 279 g/mol. The lowest BCUT2D eigenvalue weighted by Crippen LogP contribution is -2.42. The average molecular weight is 279 g/mol. The first-order valence-corrected chi connectivity index (χ1v) is 8.47. The van der Waals surface area contributed by atoms with Crippen molar-refractivity contribution in [1.82, 2.24) is 0 Å². The second-order valence-corrected chi connectivity index (χ2v) is 6.61. The maximum atomic E-state index is 10.5. The second kappa shape index (κ2) is 7.43. The van der Waals surface area contributed by atoms with Gasteiger partial charge in [-0.2, -0.15) is 5.26 Å². The Morgan fingerprint density at radius 3 is 2.45 bits per heavy atom. The van der Waals surface area contributed by atoms with Crippen molar-refractivity contribution in [1.29, 1.82) is 5.26 Å². The molecule has 1 N–H and O–H groups in total. The number of unbranched alkanes of at least 4 members (excludes halogenated alkanes) is 6.